The second kappa shape index (κ2) is 2.83. The summed E-state index contributed by atoms with van der Waals surface area (Å²) in [4.78, 5) is 0. The molecule has 0 radical (unpaired) electrons. The lowest BCUT2D eigenvalue weighted by Gasteiger charge is -2.29. The van der Waals surface area contributed by atoms with Gasteiger partial charge < -0.3 is 0 Å². The molecule has 0 aromatic heterocycles. The van der Waals surface area contributed by atoms with Crippen LogP contribution in [0.1, 0.15) is 0 Å². The van der Waals surface area contributed by atoms with Crippen molar-refractivity contribution in [1.82, 2.24) is 0 Å². The predicted octanol–water partition coefficient (Wildman–Crippen LogP) is 2.92. The Kier molecular flexibility index (Phi) is 1.57. The maximum absolute atomic E-state index is 2.48. The zero-order valence-corrected chi connectivity index (χ0v) is 9.35. The minimum Gasteiger partial charge on any atom is -0.0835 e. The van der Waals surface area contributed by atoms with Gasteiger partial charge in [-0.05, 0) is 17.1 Å². The molecule has 1 unspecified atom stereocenters. The van der Waals surface area contributed by atoms with Crippen LogP contribution >= 0.6 is 7.92 Å². The van der Waals surface area contributed by atoms with Crippen molar-refractivity contribution in [2.75, 3.05) is 0 Å². The molecule has 4 rings (SSSR count). The molecular formula is C14H13P. The zero-order chi connectivity index (χ0) is 9.83. The summed E-state index contributed by atoms with van der Waals surface area (Å²) >= 11 is 0. The average molecular weight is 212 g/mol. The standard InChI is InChI=1S/C14H13P/c1-2-4-10(5-3-1)15-13-8-9-14(15)12-7-6-11(12)13/h1-9,11-14H/t11-,12+,13-,14+,15?. The Morgan fingerprint density at radius 3 is 1.87 bits per heavy atom. The smallest absolute Gasteiger partial charge is 0.00851 e. The lowest BCUT2D eigenvalue weighted by molar-refractivity contribution is 0.464. The molecule has 0 amide bonds. The van der Waals surface area contributed by atoms with Gasteiger partial charge in [-0.2, -0.15) is 0 Å². The molecule has 0 N–H and O–H groups in total. The maximum atomic E-state index is 2.48. The van der Waals surface area contributed by atoms with Crippen molar-refractivity contribution >= 4 is 13.2 Å². The SMILES string of the molecule is C1=C[C@H]2[C@@H]1[C@H]1C=C[C@@H]2P1c1ccccc1. The third kappa shape index (κ3) is 0.961. The molecule has 2 aliphatic heterocycles. The van der Waals surface area contributed by atoms with Gasteiger partial charge in [0.15, 0.2) is 0 Å². The van der Waals surface area contributed by atoms with E-state index in [1.807, 2.05) is 0 Å². The van der Waals surface area contributed by atoms with E-state index in [-0.39, 0.29) is 7.92 Å². The van der Waals surface area contributed by atoms with E-state index in [9.17, 15) is 0 Å². The first kappa shape index (κ1) is 8.30. The second-order valence-electron chi connectivity index (χ2n) is 4.65. The van der Waals surface area contributed by atoms with Gasteiger partial charge in [0.2, 0.25) is 0 Å². The summed E-state index contributed by atoms with van der Waals surface area (Å²) in [6.07, 6.45) is 9.82. The molecule has 0 saturated carbocycles. The first-order valence-corrected chi connectivity index (χ1v) is 7.13. The molecule has 1 fully saturated rings. The minimum atomic E-state index is 0.0586. The van der Waals surface area contributed by atoms with Gasteiger partial charge in [0.1, 0.15) is 0 Å². The summed E-state index contributed by atoms with van der Waals surface area (Å²) in [5.74, 6) is 1.76. The van der Waals surface area contributed by atoms with E-state index in [1.165, 1.54) is 0 Å². The topological polar surface area (TPSA) is 0 Å². The van der Waals surface area contributed by atoms with Crippen LogP contribution in [0.3, 0.4) is 0 Å². The lowest BCUT2D eigenvalue weighted by Crippen LogP contribution is -2.26. The summed E-state index contributed by atoms with van der Waals surface area (Å²) in [5.41, 5.74) is 1.70. The first-order chi connectivity index (χ1) is 7.45. The largest absolute Gasteiger partial charge is 0.0835 e. The highest BCUT2D eigenvalue weighted by Crippen LogP contribution is 2.67. The molecule has 3 aliphatic rings. The minimum absolute atomic E-state index is 0.0586. The van der Waals surface area contributed by atoms with E-state index in [2.05, 4.69) is 54.6 Å². The van der Waals surface area contributed by atoms with E-state index in [0.717, 1.165) is 23.2 Å². The zero-order valence-electron chi connectivity index (χ0n) is 8.45. The van der Waals surface area contributed by atoms with Crippen LogP contribution in [-0.2, 0) is 0 Å². The van der Waals surface area contributed by atoms with Crippen LogP contribution in [0.15, 0.2) is 54.6 Å². The van der Waals surface area contributed by atoms with Gasteiger partial charge in [-0.1, -0.05) is 62.6 Å². The summed E-state index contributed by atoms with van der Waals surface area (Å²) in [5, 5.41) is 1.60. The summed E-state index contributed by atoms with van der Waals surface area (Å²) in [6, 6.07) is 11.1. The van der Waals surface area contributed by atoms with Crippen molar-refractivity contribution in [2.24, 2.45) is 11.8 Å². The number of hydrogen-bond acceptors (Lipinski definition) is 0. The molecule has 1 aromatic carbocycles. The van der Waals surface area contributed by atoms with Gasteiger partial charge in [0.05, 0.1) is 0 Å². The molecular weight excluding hydrogens is 199 g/mol. The number of hydrogen-bond donors (Lipinski definition) is 0. The molecule has 1 aromatic rings. The van der Waals surface area contributed by atoms with Crippen molar-refractivity contribution in [2.45, 2.75) is 11.3 Å². The van der Waals surface area contributed by atoms with Crippen molar-refractivity contribution in [3.8, 4) is 0 Å². The molecule has 0 nitrogen and oxygen atoms in total. The van der Waals surface area contributed by atoms with Gasteiger partial charge in [0.25, 0.3) is 0 Å². The van der Waals surface area contributed by atoms with Gasteiger partial charge in [-0.15, -0.1) is 0 Å². The second-order valence-corrected chi connectivity index (χ2v) is 7.17. The molecule has 1 heteroatoms. The van der Waals surface area contributed by atoms with Crippen molar-refractivity contribution < 1.29 is 0 Å². The number of allylic oxidation sites excluding steroid dienone is 4. The number of rotatable bonds is 1. The number of benzene rings is 1. The fraction of sp³-hybridized carbons (Fsp3) is 0.286. The summed E-state index contributed by atoms with van der Waals surface area (Å²) in [6.45, 7) is 0. The molecule has 15 heavy (non-hydrogen) atoms. The normalized spacial score (nSPS) is 44.1. The van der Waals surface area contributed by atoms with Crippen molar-refractivity contribution in [3.63, 3.8) is 0 Å². The highest BCUT2D eigenvalue weighted by Gasteiger charge is 2.52. The number of fused-ring (bicyclic) bond motifs is 5. The maximum Gasteiger partial charge on any atom is 0.00851 e. The molecule has 1 saturated heterocycles. The molecule has 0 spiro atoms. The van der Waals surface area contributed by atoms with Crippen LogP contribution in [0.25, 0.3) is 0 Å². The molecule has 2 bridgehead atoms. The Labute approximate surface area is 91.5 Å². The Morgan fingerprint density at radius 2 is 1.33 bits per heavy atom. The monoisotopic (exact) mass is 212 g/mol. The van der Waals surface area contributed by atoms with E-state index >= 15 is 0 Å². The highest BCUT2D eigenvalue weighted by molar-refractivity contribution is 7.68. The van der Waals surface area contributed by atoms with Crippen LogP contribution < -0.4 is 5.30 Å². The van der Waals surface area contributed by atoms with E-state index in [4.69, 9.17) is 0 Å². The van der Waals surface area contributed by atoms with E-state index in [1.54, 1.807) is 5.30 Å². The third-order valence-electron chi connectivity index (χ3n) is 3.99. The van der Waals surface area contributed by atoms with Crippen molar-refractivity contribution in [1.29, 1.82) is 0 Å². The Hall–Kier alpha value is -0.870. The van der Waals surface area contributed by atoms with Crippen LogP contribution in [0.5, 0.6) is 0 Å². The molecule has 5 atom stereocenters. The van der Waals surface area contributed by atoms with Crippen molar-refractivity contribution in [3.05, 3.63) is 54.6 Å². The molecule has 1 aliphatic carbocycles. The third-order valence-corrected chi connectivity index (χ3v) is 7.20. The highest BCUT2D eigenvalue weighted by atomic mass is 31.1. The fourth-order valence-corrected chi connectivity index (χ4v) is 6.74. The van der Waals surface area contributed by atoms with Gasteiger partial charge in [-0.25, -0.2) is 0 Å². The summed E-state index contributed by atoms with van der Waals surface area (Å²) in [7, 11) is 0.0586. The molecule has 2 heterocycles. The predicted molar refractivity (Wildman–Crippen MR) is 65.8 cm³/mol. The quantitative estimate of drug-likeness (QED) is 0.496. The van der Waals surface area contributed by atoms with Crippen LogP contribution in [0.4, 0.5) is 0 Å². The van der Waals surface area contributed by atoms with E-state index in [0.29, 0.717) is 0 Å². The van der Waals surface area contributed by atoms with Crippen LogP contribution in [0.2, 0.25) is 0 Å². The lowest BCUT2D eigenvalue weighted by atomic mass is 9.75. The Balaban J connectivity index is 1.77. The van der Waals surface area contributed by atoms with E-state index < -0.39 is 0 Å². The van der Waals surface area contributed by atoms with Gasteiger partial charge in [0, 0.05) is 11.3 Å². The Morgan fingerprint density at radius 1 is 0.733 bits per heavy atom. The van der Waals surface area contributed by atoms with Crippen LogP contribution in [0, 0.1) is 11.8 Å². The van der Waals surface area contributed by atoms with Crippen LogP contribution in [-0.4, -0.2) is 11.3 Å². The van der Waals surface area contributed by atoms with Gasteiger partial charge >= 0.3 is 0 Å². The first-order valence-electron chi connectivity index (χ1n) is 5.65. The molecule has 74 valence electrons. The van der Waals surface area contributed by atoms with Gasteiger partial charge in [-0.3, -0.25) is 0 Å². The average Bonchev–Trinajstić information content (AvgIpc) is 2.69. The Bertz CT molecular complexity index is 424. The summed E-state index contributed by atoms with van der Waals surface area (Å²) < 4.78 is 0. The fourth-order valence-electron chi connectivity index (χ4n) is 3.23.